The Hall–Kier alpha value is -2.28. The number of pyridine rings is 1. The second kappa shape index (κ2) is 11.0. The molecule has 2 heterocycles. The lowest BCUT2D eigenvalue weighted by Crippen LogP contribution is -2.41. The summed E-state index contributed by atoms with van der Waals surface area (Å²) in [6.07, 6.45) is 3.47. The highest BCUT2D eigenvalue weighted by Gasteiger charge is 2.16. The third-order valence-electron chi connectivity index (χ3n) is 5.90. The van der Waals surface area contributed by atoms with E-state index in [1.165, 1.54) is 18.4 Å². The number of nitrogens with zero attached hydrogens (tertiary/aromatic N) is 2. The molecule has 0 radical (unpaired) electrons. The first kappa shape index (κ1) is 22.9. The molecule has 0 atom stereocenters. The van der Waals surface area contributed by atoms with Gasteiger partial charge in [-0.3, -0.25) is 9.69 Å². The van der Waals surface area contributed by atoms with Gasteiger partial charge in [0.15, 0.2) is 0 Å². The fourth-order valence-electron chi connectivity index (χ4n) is 4.00. The number of morpholine rings is 1. The predicted octanol–water partition coefficient (Wildman–Crippen LogP) is 5.07. The van der Waals surface area contributed by atoms with Gasteiger partial charge in [0, 0.05) is 41.6 Å². The van der Waals surface area contributed by atoms with E-state index < -0.39 is 0 Å². The first-order valence-electron chi connectivity index (χ1n) is 11.4. The van der Waals surface area contributed by atoms with Crippen LogP contribution in [0, 0.1) is 0 Å². The number of hydrogen-bond donors (Lipinski definition) is 1. The van der Waals surface area contributed by atoms with E-state index in [1.807, 2.05) is 24.3 Å². The number of halogens is 1. The van der Waals surface area contributed by atoms with Gasteiger partial charge in [0.2, 0.25) is 0 Å². The number of amides is 1. The van der Waals surface area contributed by atoms with Crippen molar-refractivity contribution in [2.45, 2.75) is 26.2 Å². The lowest BCUT2D eigenvalue weighted by molar-refractivity contribution is 0.0383. The average Bonchev–Trinajstić information content (AvgIpc) is 2.83. The number of ether oxygens (including phenoxy) is 1. The molecule has 0 unspecified atom stereocenters. The maximum Gasteiger partial charge on any atom is 0.252 e. The zero-order chi connectivity index (χ0) is 22.3. The van der Waals surface area contributed by atoms with Crippen LogP contribution in [0.2, 0.25) is 0 Å². The Morgan fingerprint density at radius 1 is 1.12 bits per heavy atom. The third kappa shape index (κ3) is 5.74. The van der Waals surface area contributed by atoms with Crippen molar-refractivity contribution in [2.75, 3.05) is 39.4 Å². The van der Waals surface area contributed by atoms with E-state index in [-0.39, 0.29) is 5.91 Å². The molecule has 6 heteroatoms. The van der Waals surface area contributed by atoms with E-state index in [0.29, 0.717) is 12.1 Å². The SMILES string of the molecule is CCCCc1ccc(-c2cc(C(=O)NCCN3CCOCC3)c3cc(Br)ccc3n2)cc1. The Bertz CT molecular complexity index is 1060. The number of carbonyl (C=O) groups excluding carboxylic acids is 1. The van der Waals surface area contributed by atoms with Crippen LogP contribution in [-0.4, -0.2) is 55.2 Å². The number of nitrogens with one attached hydrogen (secondary N) is 1. The minimum atomic E-state index is -0.0652. The number of aromatic nitrogens is 1. The molecule has 1 N–H and O–H groups in total. The fraction of sp³-hybridized carbons (Fsp3) is 0.385. The summed E-state index contributed by atoms with van der Waals surface area (Å²) in [6.45, 7) is 7.00. The molecule has 0 saturated carbocycles. The Morgan fingerprint density at radius 3 is 2.66 bits per heavy atom. The number of unbranched alkanes of at least 4 members (excludes halogenated alkanes) is 1. The quantitative estimate of drug-likeness (QED) is 0.473. The summed E-state index contributed by atoms with van der Waals surface area (Å²) in [5.41, 5.74) is 4.65. The molecule has 0 aliphatic carbocycles. The molecule has 0 bridgehead atoms. The Balaban J connectivity index is 1.57. The fourth-order valence-corrected chi connectivity index (χ4v) is 4.37. The van der Waals surface area contributed by atoms with E-state index in [1.54, 1.807) is 0 Å². The molecule has 0 spiro atoms. The number of hydrogen-bond acceptors (Lipinski definition) is 4. The Labute approximate surface area is 198 Å². The lowest BCUT2D eigenvalue weighted by Gasteiger charge is -2.26. The Kier molecular flexibility index (Phi) is 7.90. The van der Waals surface area contributed by atoms with E-state index in [4.69, 9.17) is 9.72 Å². The molecular weight excluding hydrogens is 466 g/mol. The predicted molar refractivity (Wildman–Crippen MR) is 133 cm³/mol. The van der Waals surface area contributed by atoms with Gasteiger partial charge in [-0.15, -0.1) is 0 Å². The van der Waals surface area contributed by atoms with Gasteiger partial charge in [0.1, 0.15) is 0 Å². The van der Waals surface area contributed by atoms with Gasteiger partial charge in [0.05, 0.1) is 30.0 Å². The maximum atomic E-state index is 13.2. The summed E-state index contributed by atoms with van der Waals surface area (Å²) in [5, 5.41) is 3.96. The van der Waals surface area contributed by atoms with E-state index in [0.717, 1.165) is 65.9 Å². The van der Waals surface area contributed by atoms with Gasteiger partial charge in [-0.1, -0.05) is 53.5 Å². The van der Waals surface area contributed by atoms with E-state index in [9.17, 15) is 4.79 Å². The second-order valence-electron chi connectivity index (χ2n) is 8.23. The van der Waals surface area contributed by atoms with Gasteiger partial charge in [-0.25, -0.2) is 4.98 Å². The van der Waals surface area contributed by atoms with Crippen LogP contribution >= 0.6 is 15.9 Å². The molecule has 4 rings (SSSR count). The van der Waals surface area contributed by atoms with Gasteiger partial charge in [-0.05, 0) is 42.7 Å². The summed E-state index contributed by atoms with van der Waals surface area (Å²) in [7, 11) is 0. The van der Waals surface area contributed by atoms with Crippen LogP contribution in [0.1, 0.15) is 35.7 Å². The highest BCUT2D eigenvalue weighted by molar-refractivity contribution is 9.10. The number of aryl methyl sites for hydroxylation is 1. The zero-order valence-corrected chi connectivity index (χ0v) is 20.2. The molecule has 1 saturated heterocycles. The topological polar surface area (TPSA) is 54.5 Å². The molecule has 1 fully saturated rings. The van der Waals surface area contributed by atoms with Crippen LogP contribution in [0.5, 0.6) is 0 Å². The number of benzene rings is 2. The third-order valence-corrected chi connectivity index (χ3v) is 6.39. The molecule has 3 aromatic rings. The molecule has 32 heavy (non-hydrogen) atoms. The minimum absolute atomic E-state index is 0.0652. The first-order valence-corrected chi connectivity index (χ1v) is 12.2. The van der Waals surface area contributed by atoms with Crippen LogP contribution < -0.4 is 5.32 Å². The summed E-state index contributed by atoms with van der Waals surface area (Å²) < 4.78 is 6.33. The van der Waals surface area contributed by atoms with Crippen molar-refractivity contribution in [3.63, 3.8) is 0 Å². The highest BCUT2D eigenvalue weighted by Crippen LogP contribution is 2.27. The van der Waals surface area contributed by atoms with Gasteiger partial charge >= 0.3 is 0 Å². The Morgan fingerprint density at radius 2 is 1.91 bits per heavy atom. The monoisotopic (exact) mass is 495 g/mol. The number of carbonyl (C=O) groups is 1. The van der Waals surface area contributed by atoms with Crippen LogP contribution in [0.3, 0.4) is 0 Å². The van der Waals surface area contributed by atoms with Crippen molar-refractivity contribution in [3.8, 4) is 11.3 Å². The van der Waals surface area contributed by atoms with Crippen molar-refractivity contribution >= 4 is 32.7 Å². The minimum Gasteiger partial charge on any atom is -0.379 e. The molecule has 5 nitrogen and oxygen atoms in total. The van der Waals surface area contributed by atoms with E-state index >= 15 is 0 Å². The van der Waals surface area contributed by atoms with Crippen molar-refractivity contribution in [3.05, 3.63) is 64.1 Å². The largest absolute Gasteiger partial charge is 0.379 e. The lowest BCUT2D eigenvalue weighted by atomic mass is 10.0. The maximum absolute atomic E-state index is 13.2. The smallest absolute Gasteiger partial charge is 0.252 e. The molecule has 1 aliphatic heterocycles. The molecular formula is C26H30BrN3O2. The summed E-state index contributed by atoms with van der Waals surface area (Å²) in [5.74, 6) is -0.0652. The summed E-state index contributed by atoms with van der Waals surface area (Å²) >= 11 is 3.53. The molecule has 1 amide bonds. The van der Waals surface area contributed by atoms with Crippen LogP contribution in [0.4, 0.5) is 0 Å². The average molecular weight is 496 g/mol. The zero-order valence-electron chi connectivity index (χ0n) is 18.6. The van der Waals surface area contributed by atoms with Crippen LogP contribution in [0.15, 0.2) is 53.0 Å². The first-order chi connectivity index (χ1) is 15.6. The van der Waals surface area contributed by atoms with Crippen molar-refractivity contribution in [2.24, 2.45) is 0 Å². The summed E-state index contributed by atoms with van der Waals surface area (Å²) in [4.78, 5) is 20.3. The molecule has 2 aromatic carbocycles. The molecule has 1 aromatic heterocycles. The van der Waals surface area contributed by atoms with Gasteiger partial charge < -0.3 is 10.1 Å². The van der Waals surface area contributed by atoms with Gasteiger partial charge in [-0.2, -0.15) is 0 Å². The number of rotatable bonds is 8. The second-order valence-corrected chi connectivity index (χ2v) is 9.14. The standard InChI is InChI=1S/C26H30BrN3O2/c1-2-3-4-19-5-7-20(8-6-19)25-18-23(22-17-21(27)9-10-24(22)29-25)26(31)28-11-12-30-13-15-32-16-14-30/h5-10,17-18H,2-4,11-16H2,1H3,(H,28,31). The highest BCUT2D eigenvalue weighted by atomic mass is 79.9. The van der Waals surface area contributed by atoms with Crippen molar-refractivity contribution in [1.82, 2.24) is 15.2 Å². The molecule has 1 aliphatic rings. The normalized spacial score (nSPS) is 14.6. The van der Waals surface area contributed by atoms with Crippen LogP contribution in [0.25, 0.3) is 22.2 Å². The van der Waals surface area contributed by atoms with Crippen LogP contribution in [-0.2, 0) is 11.2 Å². The molecule has 168 valence electrons. The summed E-state index contributed by atoms with van der Waals surface area (Å²) in [6, 6.07) is 16.4. The van der Waals surface area contributed by atoms with Crippen molar-refractivity contribution < 1.29 is 9.53 Å². The van der Waals surface area contributed by atoms with Crippen molar-refractivity contribution in [1.29, 1.82) is 0 Å². The van der Waals surface area contributed by atoms with E-state index in [2.05, 4.69) is 57.3 Å². The number of fused-ring (bicyclic) bond motifs is 1. The van der Waals surface area contributed by atoms with Gasteiger partial charge in [0.25, 0.3) is 5.91 Å².